The van der Waals surface area contributed by atoms with E-state index < -0.39 is 23.5 Å². The van der Waals surface area contributed by atoms with E-state index in [4.69, 9.17) is 0 Å². The van der Waals surface area contributed by atoms with Crippen molar-refractivity contribution in [2.45, 2.75) is 31.6 Å². The van der Waals surface area contributed by atoms with Gasteiger partial charge >= 0.3 is 12.4 Å². The third kappa shape index (κ3) is 6.27. The number of aldehydes is 1. The molecule has 0 spiro atoms. The molecule has 0 bridgehead atoms. The van der Waals surface area contributed by atoms with Crippen LogP contribution in [0.1, 0.15) is 28.7 Å². The van der Waals surface area contributed by atoms with Gasteiger partial charge in [-0.3, -0.25) is 4.79 Å². The van der Waals surface area contributed by atoms with E-state index in [1.54, 1.807) is 6.07 Å². The minimum Gasteiger partial charge on any atom is -0.298 e. The number of carbonyl (C=O) groups excluding carboxylic acids is 1. The van der Waals surface area contributed by atoms with Crippen molar-refractivity contribution in [3.63, 3.8) is 0 Å². The van der Waals surface area contributed by atoms with Crippen LogP contribution in [-0.4, -0.2) is 6.29 Å². The van der Waals surface area contributed by atoms with Crippen LogP contribution in [0.5, 0.6) is 0 Å². The predicted octanol–water partition coefficient (Wildman–Crippen LogP) is 6.02. The summed E-state index contributed by atoms with van der Waals surface area (Å²) in [6.07, 6.45) is -6.21. The lowest BCUT2D eigenvalue weighted by atomic mass is 10.0. The van der Waals surface area contributed by atoms with E-state index in [-0.39, 0.29) is 18.4 Å². The van der Waals surface area contributed by atoms with Gasteiger partial charge < -0.3 is 0 Å². The summed E-state index contributed by atoms with van der Waals surface area (Å²) in [7, 11) is 0. The summed E-state index contributed by atoms with van der Waals surface area (Å²) in [6.45, 7) is 0. The second-order valence-corrected chi connectivity index (χ2v) is 6.01. The highest BCUT2D eigenvalue weighted by atomic mass is 19.4. The first-order valence-corrected chi connectivity index (χ1v) is 8.06. The topological polar surface area (TPSA) is 17.1 Å². The van der Waals surface area contributed by atoms with E-state index in [0.717, 1.165) is 24.3 Å². The monoisotopic (exact) mass is 386 g/mol. The van der Waals surface area contributed by atoms with E-state index in [1.165, 1.54) is 24.3 Å². The minimum atomic E-state index is -4.47. The summed E-state index contributed by atoms with van der Waals surface area (Å²) < 4.78 is 76.3. The van der Waals surface area contributed by atoms with Crippen LogP contribution in [0, 0.1) is 0 Å². The first kappa shape index (κ1) is 20.7. The Bertz CT molecular complexity index is 818. The molecule has 0 aliphatic rings. The molecule has 2 aromatic carbocycles. The molecule has 0 N–H and O–H groups in total. The van der Waals surface area contributed by atoms with Crippen LogP contribution in [0.15, 0.2) is 60.2 Å². The van der Waals surface area contributed by atoms with Crippen LogP contribution in [0.3, 0.4) is 0 Å². The standard InChI is InChI=1S/C20H16F6O/c21-19(22,23)17-8-2-5-14(11-17)4-1-7-16(13-27)10-15-6-3-9-18(12-15)20(24,25)26/h2-3,5-9,11-13H,1,4,10H2/b16-7-. The van der Waals surface area contributed by atoms with Crippen LogP contribution in [-0.2, 0) is 30.0 Å². The fourth-order valence-electron chi connectivity index (χ4n) is 2.58. The van der Waals surface area contributed by atoms with Crippen LogP contribution >= 0.6 is 0 Å². The van der Waals surface area contributed by atoms with Crippen molar-refractivity contribution < 1.29 is 31.1 Å². The van der Waals surface area contributed by atoms with Crippen molar-refractivity contribution >= 4 is 6.29 Å². The van der Waals surface area contributed by atoms with E-state index in [2.05, 4.69) is 0 Å². The summed E-state index contributed by atoms with van der Waals surface area (Å²) >= 11 is 0. The summed E-state index contributed by atoms with van der Waals surface area (Å²) in [4.78, 5) is 11.2. The molecule has 0 amide bonds. The molecule has 0 aliphatic carbocycles. The SMILES string of the molecule is O=C/C(=C\CCc1cccc(C(F)(F)F)c1)Cc1cccc(C(F)(F)F)c1. The van der Waals surface area contributed by atoms with Crippen molar-refractivity contribution in [3.8, 4) is 0 Å². The Kier molecular flexibility index (Phi) is 6.46. The molecule has 0 aliphatic heterocycles. The van der Waals surface area contributed by atoms with Crippen LogP contribution < -0.4 is 0 Å². The molecular weight excluding hydrogens is 370 g/mol. The quantitative estimate of drug-likeness (QED) is 0.337. The molecule has 0 saturated heterocycles. The number of rotatable bonds is 6. The molecule has 0 aromatic heterocycles. The van der Waals surface area contributed by atoms with Gasteiger partial charge in [0.15, 0.2) is 0 Å². The number of aryl methyl sites for hydroxylation is 1. The molecular formula is C20H16F6O. The first-order chi connectivity index (χ1) is 12.6. The summed E-state index contributed by atoms with van der Waals surface area (Å²) in [6, 6.07) is 9.56. The van der Waals surface area contributed by atoms with Gasteiger partial charge in [-0.1, -0.05) is 42.5 Å². The van der Waals surface area contributed by atoms with Crippen molar-refractivity contribution in [2.24, 2.45) is 0 Å². The summed E-state index contributed by atoms with van der Waals surface area (Å²) in [5, 5.41) is 0. The van der Waals surface area contributed by atoms with Crippen LogP contribution in [0.25, 0.3) is 0 Å². The maximum absolute atomic E-state index is 12.7. The lowest BCUT2D eigenvalue weighted by Gasteiger charge is -2.09. The largest absolute Gasteiger partial charge is 0.416 e. The van der Waals surface area contributed by atoms with E-state index in [0.29, 0.717) is 23.8 Å². The van der Waals surface area contributed by atoms with E-state index in [1.807, 2.05) is 0 Å². The maximum Gasteiger partial charge on any atom is 0.416 e. The van der Waals surface area contributed by atoms with E-state index >= 15 is 0 Å². The molecule has 144 valence electrons. The average molecular weight is 386 g/mol. The molecule has 0 fully saturated rings. The molecule has 0 heterocycles. The van der Waals surface area contributed by atoms with Crippen molar-refractivity contribution in [3.05, 3.63) is 82.4 Å². The molecule has 2 aromatic rings. The van der Waals surface area contributed by atoms with Crippen LogP contribution in [0.2, 0.25) is 0 Å². The Morgan fingerprint density at radius 2 is 1.33 bits per heavy atom. The maximum atomic E-state index is 12.7. The minimum absolute atomic E-state index is 0.0238. The fourth-order valence-corrected chi connectivity index (χ4v) is 2.58. The lowest BCUT2D eigenvalue weighted by molar-refractivity contribution is -0.138. The first-order valence-electron chi connectivity index (χ1n) is 8.06. The molecule has 0 atom stereocenters. The van der Waals surface area contributed by atoms with Gasteiger partial charge in [0.1, 0.15) is 6.29 Å². The Morgan fingerprint density at radius 3 is 1.85 bits per heavy atom. The average Bonchev–Trinajstić information content (AvgIpc) is 2.60. The smallest absolute Gasteiger partial charge is 0.298 e. The van der Waals surface area contributed by atoms with Crippen molar-refractivity contribution in [1.82, 2.24) is 0 Å². The zero-order valence-corrected chi connectivity index (χ0v) is 14.1. The second-order valence-electron chi connectivity index (χ2n) is 6.01. The van der Waals surface area contributed by atoms with Crippen LogP contribution in [0.4, 0.5) is 26.3 Å². The Hall–Kier alpha value is -2.57. The zero-order chi connectivity index (χ0) is 20.1. The second kappa shape index (κ2) is 8.41. The Labute approximate surface area is 152 Å². The normalized spacial score (nSPS) is 12.9. The highest BCUT2D eigenvalue weighted by Crippen LogP contribution is 2.31. The van der Waals surface area contributed by atoms with Gasteiger partial charge in [-0.05, 0) is 41.7 Å². The summed E-state index contributed by atoms with van der Waals surface area (Å²) in [5.74, 6) is 0. The van der Waals surface area contributed by atoms with Gasteiger partial charge in [0.2, 0.25) is 0 Å². The third-order valence-corrected chi connectivity index (χ3v) is 3.91. The van der Waals surface area contributed by atoms with Crippen molar-refractivity contribution in [2.75, 3.05) is 0 Å². The lowest BCUT2D eigenvalue weighted by Crippen LogP contribution is -2.05. The Balaban J connectivity index is 2.04. The highest BCUT2D eigenvalue weighted by Gasteiger charge is 2.31. The molecule has 1 nitrogen and oxygen atoms in total. The van der Waals surface area contributed by atoms with Gasteiger partial charge in [0, 0.05) is 6.42 Å². The number of halogens is 6. The number of hydrogen-bond donors (Lipinski definition) is 0. The van der Waals surface area contributed by atoms with Gasteiger partial charge in [0.05, 0.1) is 11.1 Å². The molecule has 7 heteroatoms. The zero-order valence-electron chi connectivity index (χ0n) is 14.1. The molecule has 0 unspecified atom stereocenters. The van der Waals surface area contributed by atoms with Gasteiger partial charge in [-0.15, -0.1) is 0 Å². The predicted molar refractivity (Wildman–Crippen MR) is 89.1 cm³/mol. The van der Waals surface area contributed by atoms with Gasteiger partial charge in [-0.2, -0.15) is 26.3 Å². The molecule has 0 saturated carbocycles. The number of alkyl halides is 6. The van der Waals surface area contributed by atoms with Gasteiger partial charge in [0.25, 0.3) is 0 Å². The van der Waals surface area contributed by atoms with Gasteiger partial charge in [-0.25, -0.2) is 0 Å². The molecule has 2 rings (SSSR count). The summed E-state index contributed by atoms with van der Waals surface area (Å²) in [5.41, 5.74) is -0.466. The fraction of sp³-hybridized carbons (Fsp3) is 0.250. The Morgan fingerprint density at radius 1 is 0.815 bits per heavy atom. The molecule has 27 heavy (non-hydrogen) atoms. The number of hydrogen-bond acceptors (Lipinski definition) is 1. The van der Waals surface area contributed by atoms with E-state index in [9.17, 15) is 31.1 Å². The molecule has 0 radical (unpaired) electrons. The number of allylic oxidation sites excluding steroid dienone is 2. The number of carbonyl (C=O) groups is 1. The van der Waals surface area contributed by atoms with Crippen molar-refractivity contribution in [1.29, 1.82) is 0 Å². The third-order valence-electron chi connectivity index (χ3n) is 3.91. The number of benzene rings is 2. The highest BCUT2D eigenvalue weighted by molar-refractivity contribution is 5.74.